The number of nitrogens with zero attached hydrogens (tertiary/aromatic N) is 4. The minimum atomic E-state index is -2.04. The normalized spacial score (nSPS) is 15.8. The molecular formula is C31H25ClN4O7S. The highest BCUT2D eigenvalue weighted by atomic mass is 35.5. The van der Waals surface area contributed by atoms with E-state index in [9.17, 15) is 14.7 Å². The molecule has 2 aromatic carbocycles. The molecule has 0 saturated carbocycles. The molecule has 0 fully saturated rings. The van der Waals surface area contributed by atoms with Gasteiger partial charge in [0, 0.05) is 47.6 Å². The predicted molar refractivity (Wildman–Crippen MR) is 163 cm³/mol. The van der Waals surface area contributed by atoms with Crippen molar-refractivity contribution in [3.05, 3.63) is 106 Å². The van der Waals surface area contributed by atoms with Crippen molar-refractivity contribution in [1.82, 2.24) is 18.7 Å². The molecule has 0 amide bonds. The molecule has 0 saturated heterocycles. The van der Waals surface area contributed by atoms with Crippen molar-refractivity contribution >= 4 is 52.2 Å². The van der Waals surface area contributed by atoms with Crippen molar-refractivity contribution in [2.75, 3.05) is 21.3 Å². The molecule has 1 unspecified atom stereocenters. The number of rotatable bonds is 8. The number of carbonyl (C=O) groups is 2. The summed E-state index contributed by atoms with van der Waals surface area (Å²) in [6.45, 7) is 0. The SMILES string of the molecule is COc1ccc(C=O)cn1.COc1ccc(CC2=C(c3ccc4nsnc4c3)C(=O)OC2(O)c2ccc(OC)c(Cl)c2)cn1. The number of hydrogen-bond acceptors (Lipinski definition) is 12. The summed E-state index contributed by atoms with van der Waals surface area (Å²) in [6.07, 6.45) is 4.02. The van der Waals surface area contributed by atoms with Gasteiger partial charge < -0.3 is 24.1 Å². The lowest BCUT2D eigenvalue weighted by Gasteiger charge is -2.26. The van der Waals surface area contributed by atoms with Crippen LogP contribution in [0.25, 0.3) is 16.6 Å². The molecule has 5 aromatic rings. The van der Waals surface area contributed by atoms with E-state index in [4.69, 9.17) is 30.5 Å². The van der Waals surface area contributed by atoms with Crippen LogP contribution in [0.3, 0.4) is 0 Å². The first-order valence-corrected chi connectivity index (χ1v) is 14.1. The van der Waals surface area contributed by atoms with Gasteiger partial charge in [-0.05, 0) is 47.5 Å². The fraction of sp³-hybridized carbons (Fsp3) is 0.161. The van der Waals surface area contributed by atoms with E-state index in [2.05, 4.69) is 18.7 Å². The lowest BCUT2D eigenvalue weighted by Crippen LogP contribution is -2.29. The quantitative estimate of drug-likeness (QED) is 0.181. The Morgan fingerprint density at radius 3 is 2.25 bits per heavy atom. The Balaban J connectivity index is 0.000000328. The maximum atomic E-state index is 13.2. The number of esters is 1. The molecule has 0 aliphatic carbocycles. The van der Waals surface area contributed by atoms with Crippen molar-refractivity contribution in [1.29, 1.82) is 0 Å². The van der Waals surface area contributed by atoms with Gasteiger partial charge in [-0.15, -0.1) is 0 Å². The van der Waals surface area contributed by atoms with Gasteiger partial charge in [0.2, 0.25) is 11.8 Å². The van der Waals surface area contributed by atoms with Crippen molar-refractivity contribution in [3.63, 3.8) is 0 Å². The maximum Gasteiger partial charge on any atom is 0.342 e. The molecular weight excluding hydrogens is 608 g/mol. The van der Waals surface area contributed by atoms with Crippen molar-refractivity contribution in [2.45, 2.75) is 12.2 Å². The molecule has 6 rings (SSSR count). The molecule has 1 atom stereocenters. The number of carbonyl (C=O) groups excluding carboxylic acids is 2. The smallest absolute Gasteiger partial charge is 0.342 e. The maximum absolute atomic E-state index is 13.2. The second-order valence-corrected chi connectivity index (χ2v) is 10.3. The van der Waals surface area contributed by atoms with Crippen LogP contribution in [-0.2, 0) is 21.7 Å². The van der Waals surface area contributed by atoms with Crippen LogP contribution in [-0.4, -0.2) is 57.4 Å². The number of ether oxygens (including phenoxy) is 4. The molecule has 1 aliphatic rings. The second kappa shape index (κ2) is 13.2. The van der Waals surface area contributed by atoms with Crippen LogP contribution in [0.1, 0.15) is 27.0 Å². The zero-order valence-electron chi connectivity index (χ0n) is 23.7. The highest BCUT2D eigenvalue weighted by Crippen LogP contribution is 2.46. The number of aliphatic hydroxyl groups is 1. The van der Waals surface area contributed by atoms with Crippen LogP contribution in [0.4, 0.5) is 0 Å². The molecule has 4 heterocycles. The number of cyclic esters (lactones) is 1. The van der Waals surface area contributed by atoms with Crippen LogP contribution < -0.4 is 14.2 Å². The molecule has 224 valence electrons. The first kappa shape index (κ1) is 30.5. The number of halogens is 1. The average Bonchev–Trinajstić information content (AvgIpc) is 3.63. The zero-order chi connectivity index (χ0) is 31.3. The van der Waals surface area contributed by atoms with Gasteiger partial charge in [0.25, 0.3) is 5.79 Å². The highest BCUT2D eigenvalue weighted by molar-refractivity contribution is 7.00. The Hall–Kier alpha value is -4.91. The van der Waals surface area contributed by atoms with E-state index in [1.807, 2.05) is 6.07 Å². The van der Waals surface area contributed by atoms with Crippen molar-refractivity contribution < 1.29 is 33.6 Å². The molecule has 0 spiro atoms. The number of pyridine rings is 2. The highest BCUT2D eigenvalue weighted by Gasteiger charge is 2.48. The van der Waals surface area contributed by atoms with E-state index in [-0.39, 0.29) is 17.0 Å². The van der Waals surface area contributed by atoms with Gasteiger partial charge in [-0.1, -0.05) is 23.7 Å². The first-order valence-electron chi connectivity index (χ1n) is 13.0. The van der Waals surface area contributed by atoms with E-state index >= 15 is 0 Å². The predicted octanol–water partition coefficient (Wildman–Crippen LogP) is 5.06. The van der Waals surface area contributed by atoms with E-state index in [1.165, 1.54) is 33.6 Å². The first-order chi connectivity index (χ1) is 21.3. The number of aldehydes is 1. The lowest BCUT2D eigenvalue weighted by atomic mass is 9.88. The molecule has 1 aliphatic heterocycles. The van der Waals surface area contributed by atoms with Crippen molar-refractivity contribution in [2.24, 2.45) is 0 Å². The van der Waals surface area contributed by atoms with Crippen LogP contribution in [0, 0.1) is 0 Å². The minimum absolute atomic E-state index is 0.186. The van der Waals surface area contributed by atoms with E-state index in [0.29, 0.717) is 45.3 Å². The Labute approximate surface area is 261 Å². The summed E-state index contributed by atoms with van der Waals surface area (Å²) >= 11 is 7.41. The second-order valence-electron chi connectivity index (χ2n) is 9.34. The summed E-state index contributed by atoms with van der Waals surface area (Å²) in [5, 5.41) is 12.1. The third-order valence-electron chi connectivity index (χ3n) is 6.73. The zero-order valence-corrected chi connectivity index (χ0v) is 25.3. The standard InChI is InChI=1S/C24H18ClN3O5S.C7H7NO2/c1-31-20-7-5-15(11-17(20)25)24(30)16(9-13-3-8-21(32-2)26-12-13)22(23(29)33-24)14-4-6-18-19(10-14)28-34-27-18;1-10-7-3-2-6(5-9)4-8-7/h3-8,10-12,30H,9H2,1-2H3;2-5H,1H3. The third kappa shape index (κ3) is 6.23. The number of fused-ring (bicyclic) bond motifs is 1. The summed E-state index contributed by atoms with van der Waals surface area (Å²) in [4.78, 5) is 31.4. The van der Waals surface area contributed by atoms with Gasteiger partial charge >= 0.3 is 5.97 Å². The van der Waals surface area contributed by atoms with Gasteiger partial charge in [-0.2, -0.15) is 8.75 Å². The van der Waals surface area contributed by atoms with Gasteiger partial charge in [0.05, 0.1) is 43.7 Å². The summed E-state index contributed by atoms with van der Waals surface area (Å²) in [5.74, 6) is -1.29. The van der Waals surface area contributed by atoms with Gasteiger partial charge in [-0.25, -0.2) is 14.8 Å². The molecule has 0 bridgehead atoms. The van der Waals surface area contributed by atoms with Crippen LogP contribution >= 0.6 is 23.3 Å². The summed E-state index contributed by atoms with van der Waals surface area (Å²) < 4.78 is 29.2. The number of aromatic nitrogens is 4. The Morgan fingerprint density at radius 2 is 1.64 bits per heavy atom. The molecule has 3 aromatic heterocycles. The molecule has 44 heavy (non-hydrogen) atoms. The number of benzene rings is 2. The van der Waals surface area contributed by atoms with E-state index in [0.717, 1.165) is 29.1 Å². The summed E-state index contributed by atoms with van der Waals surface area (Å²) in [6, 6.07) is 16.9. The van der Waals surface area contributed by atoms with Crippen LogP contribution in [0.2, 0.25) is 5.02 Å². The van der Waals surface area contributed by atoms with Gasteiger partial charge in [-0.3, -0.25) is 4.79 Å². The molecule has 1 N–H and O–H groups in total. The van der Waals surface area contributed by atoms with E-state index in [1.54, 1.807) is 54.7 Å². The van der Waals surface area contributed by atoms with Crippen LogP contribution in [0.5, 0.6) is 17.5 Å². The monoisotopic (exact) mass is 632 g/mol. The summed E-state index contributed by atoms with van der Waals surface area (Å²) in [7, 11) is 4.56. The number of methoxy groups -OCH3 is 3. The average molecular weight is 633 g/mol. The largest absolute Gasteiger partial charge is 0.495 e. The minimum Gasteiger partial charge on any atom is -0.495 e. The number of hydrogen-bond donors (Lipinski definition) is 1. The molecule has 11 nitrogen and oxygen atoms in total. The fourth-order valence-electron chi connectivity index (χ4n) is 4.51. The van der Waals surface area contributed by atoms with Gasteiger partial charge in [0.1, 0.15) is 16.8 Å². The van der Waals surface area contributed by atoms with Crippen molar-refractivity contribution in [3.8, 4) is 17.5 Å². The third-order valence-corrected chi connectivity index (χ3v) is 7.59. The molecule has 0 radical (unpaired) electrons. The van der Waals surface area contributed by atoms with Gasteiger partial charge in [0.15, 0.2) is 6.29 Å². The topological polar surface area (TPSA) is 143 Å². The summed E-state index contributed by atoms with van der Waals surface area (Å²) in [5.41, 5.74) is 4.15. The molecule has 13 heteroatoms. The fourth-order valence-corrected chi connectivity index (χ4v) is 5.29. The Morgan fingerprint density at radius 1 is 0.909 bits per heavy atom. The lowest BCUT2D eigenvalue weighted by molar-refractivity contribution is -0.185. The van der Waals surface area contributed by atoms with E-state index < -0.39 is 11.8 Å². The Kier molecular flexibility index (Phi) is 9.14. The van der Waals surface area contributed by atoms with Crippen LogP contribution in [0.15, 0.2) is 78.6 Å². The Bertz CT molecular complexity index is 1840.